The molecule has 25 heavy (non-hydrogen) atoms. The molecule has 1 aromatic carbocycles. The highest BCUT2D eigenvalue weighted by Crippen LogP contribution is 2.35. The lowest BCUT2D eigenvalue weighted by Crippen LogP contribution is -2.52. The summed E-state index contributed by atoms with van der Waals surface area (Å²) in [6.07, 6.45) is -0.141. The Bertz CT molecular complexity index is 595. The molecule has 1 aliphatic rings. The third-order valence-electron chi connectivity index (χ3n) is 4.97. The second-order valence-electron chi connectivity index (χ2n) is 6.88. The molecule has 1 saturated heterocycles. The Labute approximate surface area is 151 Å². The molecule has 0 spiro atoms. The van der Waals surface area contributed by atoms with Crippen LogP contribution in [0.1, 0.15) is 39.2 Å². The molecule has 7 nitrogen and oxygen atoms in total. The summed E-state index contributed by atoms with van der Waals surface area (Å²) >= 11 is -1.28. The van der Waals surface area contributed by atoms with Crippen molar-refractivity contribution in [2.75, 3.05) is 0 Å². The number of nitrogens with zero attached hydrogens (tertiary/aromatic N) is 3. The van der Waals surface area contributed by atoms with Crippen LogP contribution in [0.15, 0.2) is 35.4 Å². The van der Waals surface area contributed by atoms with Crippen LogP contribution < -0.4 is 4.72 Å². The van der Waals surface area contributed by atoms with E-state index in [1.165, 1.54) is 0 Å². The van der Waals surface area contributed by atoms with E-state index >= 15 is 0 Å². The van der Waals surface area contributed by atoms with Crippen LogP contribution in [0.25, 0.3) is 10.4 Å². The number of ether oxygens (including phenoxy) is 1. The highest BCUT2D eigenvalue weighted by atomic mass is 32.2. The Kier molecular flexibility index (Phi) is 7.13. The zero-order valence-corrected chi connectivity index (χ0v) is 15.6. The molecule has 2 N–H and O–H groups in total. The Hall–Kier alpha value is -1.28. The Morgan fingerprint density at radius 3 is 2.72 bits per heavy atom. The number of benzene rings is 1. The van der Waals surface area contributed by atoms with E-state index in [0.717, 1.165) is 5.56 Å². The number of nitrogens with one attached hydrogen (secondary N) is 1. The van der Waals surface area contributed by atoms with Gasteiger partial charge in [0.05, 0.1) is 18.7 Å². The average Bonchev–Trinajstić information content (AvgIpc) is 2.61. The minimum atomic E-state index is -1.28. The monoisotopic (exact) mass is 366 g/mol. The summed E-state index contributed by atoms with van der Waals surface area (Å²) in [5, 5.41) is 13.5. The summed E-state index contributed by atoms with van der Waals surface area (Å²) < 4.78 is 21.0. The van der Waals surface area contributed by atoms with Crippen LogP contribution in [0, 0.1) is 5.92 Å². The number of rotatable bonds is 7. The van der Waals surface area contributed by atoms with E-state index in [-0.39, 0.29) is 12.0 Å². The van der Waals surface area contributed by atoms with Gasteiger partial charge in [-0.2, -0.15) is 0 Å². The molecule has 1 aliphatic heterocycles. The Balaban J connectivity index is 1.94. The third kappa shape index (κ3) is 5.10. The van der Waals surface area contributed by atoms with Crippen molar-refractivity contribution in [2.24, 2.45) is 11.0 Å². The normalized spacial score (nSPS) is 26.5. The summed E-state index contributed by atoms with van der Waals surface area (Å²) in [6.45, 7) is 6.37. The summed E-state index contributed by atoms with van der Waals surface area (Å²) in [5.74, 6) is -0.0572. The van der Waals surface area contributed by atoms with Gasteiger partial charge in [-0.15, -0.1) is 4.72 Å². The molecule has 0 aliphatic carbocycles. The molecule has 1 aromatic rings. The van der Waals surface area contributed by atoms with E-state index < -0.39 is 28.4 Å². The molecule has 0 radical (unpaired) electrons. The molecular weight excluding hydrogens is 340 g/mol. The summed E-state index contributed by atoms with van der Waals surface area (Å²) in [7, 11) is 0. The lowest BCUT2D eigenvalue weighted by Gasteiger charge is -2.41. The van der Waals surface area contributed by atoms with Gasteiger partial charge in [-0.3, -0.25) is 0 Å². The molecule has 8 heteroatoms. The highest BCUT2D eigenvalue weighted by molar-refractivity contribution is 7.90. The second-order valence-corrected chi connectivity index (χ2v) is 8.76. The first-order valence-electron chi connectivity index (χ1n) is 8.43. The van der Waals surface area contributed by atoms with Crippen molar-refractivity contribution in [2.45, 2.75) is 63.3 Å². The molecule has 1 heterocycles. The van der Waals surface area contributed by atoms with Gasteiger partial charge in [0.2, 0.25) is 0 Å². The maximum Gasteiger partial charge on any atom is 0.163 e. The Morgan fingerprint density at radius 2 is 2.12 bits per heavy atom. The van der Waals surface area contributed by atoms with Crippen molar-refractivity contribution in [3.05, 3.63) is 46.3 Å². The smallest absolute Gasteiger partial charge is 0.163 e. The fraction of sp³-hybridized carbons (Fsp3) is 0.647. The predicted octanol–water partition coefficient (Wildman–Crippen LogP) is 3.03. The van der Waals surface area contributed by atoms with Gasteiger partial charge in [0.15, 0.2) is 6.29 Å². The van der Waals surface area contributed by atoms with Crippen molar-refractivity contribution in [1.29, 1.82) is 0 Å². The zero-order chi connectivity index (χ0) is 18.4. The van der Waals surface area contributed by atoms with Crippen LogP contribution >= 0.6 is 0 Å². The number of hydrogen-bond acceptors (Lipinski definition) is 5. The molecule has 5 atom stereocenters. The van der Waals surface area contributed by atoms with E-state index in [0.29, 0.717) is 19.4 Å². The lowest BCUT2D eigenvalue weighted by molar-refractivity contribution is -0.187. The molecule has 0 aromatic heterocycles. The largest absolute Gasteiger partial charge is 0.598 e. The summed E-state index contributed by atoms with van der Waals surface area (Å²) in [5.41, 5.74) is 9.58. The summed E-state index contributed by atoms with van der Waals surface area (Å²) in [4.78, 5) is 2.74. The lowest BCUT2D eigenvalue weighted by atomic mass is 9.86. The van der Waals surface area contributed by atoms with Crippen LogP contribution in [0.4, 0.5) is 0 Å². The quantitative estimate of drug-likeness (QED) is 0.334. The molecule has 4 unspecified atom stereocenters. The topological polar surface area (TPSA) is 113 Å². The van der Waals surface area contributed by atoms with Gasteiger partial charge in [0.1, 0.15) is 4.75 Å². The molecule has 0 amide bonds. The number of azide groups is 1. The van der Waals surface area contributed by atoms with Crippen molar-refractivity contribution in [3.8, 4) is 0 Å². The van der Waals surface area contributed by atoms with Gasteiger partial charge < -0.3 is 14.4 Å². The fourth-order valence-electron chi connectivity index (χ4n) is 2.91. The fourth-order valence-corrected chi connectivity index (χ4v) is 4.07. The van der Waals surface area contributed by atoms with Gasteiger partial charge in [-0.05, 0) is 37.8 Å². The maximum absolute atomic E-state index is 12.8. The second kappa shape index (κ2) is 8.89. The first-order chi connectivity index (χ1) is 11.9. The van der Waals surface area contributed by atoms with Crippen molar-refractivity contribution < 1.29 is 14.4 Å². The van der Waals surface area contributed by atoms with Crippen LogP contribution in [0.2, 0.25) is 0 Å². The first kappa shape index (κ1) is 20.0. The van der Waals surface area contributed by atoms with Gasteiger partial charge in [0.25, 0.3) is 0 Å². The average molecular weight is 366 g/mol. The molecule has 0 bridgehead atoms. The maximum atomic E-state index is 12.8. The van der Waals surface area contributed by atoms with E-state index in [2.05, 4.69) is 14.7 Å². The molecule has 2 rings (SSSR count). The number of aliphatic hydroxyl groups is 1. The van der Waals surface area contributed by atoms with Crippen LogP contribution in [0.3, 0.4) is 0 Å². The minimum absolute atomic E-state index is 0.0572. The molecule has 1 fully saturated rings. The Morgan fingerprint density at radius 1 is 1.44 bits per heavy atom. The highest BCUT2D eigenvalue weighted by Gasteiger charge is 2.45. The summed E-state index contributed by atoms with van der Waals surface area (Å²) in [6, 6.07) is 9.25. The number of hydrogen-bond donors (Lipinski definition) is 2. The van der Waals surface area contributed by atoms with E-state index in [1.54, 1.807) is 0 Å². The van der Waals surface area contributed by atoms with Crippen LogP contribution in [-0.4, -0.2) is 32.8 Å². The third-order valence-corrected chi connectivity index (χ3v) is 6.71. The van der Waals surface area contributed by atoms with Gasteiger partial charge >= 0.3 is 0 Å². The van der Waals surface area contributed by atoms with E-state index in [9.17, 15) is 9.66 Å². The number of aliphatic hydroxyl groups excluding tert-OH is 1. The predicted molar refractivity (Wildman–Crippen MR) is 97.7 cm³/mol. The van der Waals surface area contributed by atoms with Crippen molar-refractivity contribution in [1.82, 2.24) is 4.72 Å². The zero-order valence-electron chi connectivity index (χ0n) is 14.8. The molecular formula is C17H26N4O3S. The molecule has 138 valence electrons. The van der Waals surface area contributed by atoms with Gasteiger partial charge in [-0.25, -0.2) is 0 Å². The van der Waals surface area contributed by atoms with Crippen molar-refractivity contribution in [3.63, 3.8) is 0 Å². The van der Waals surface area contributed by atoms with Crippen molar-refractivity contribution >= 4 is 11.4 Å². The van der Waals surface area contributed by atoms with Crippen LogP contribution in [0.5, 0.6) is 0 Å². The SMILES string of the molecule is CC([C@@H]1CCC(N=[N+]=[N-])C(O)O1)C(C)(C)[S+]([O-])NCc1ccccc1. The van der Waals surface area contributed by atoms with E-state index in [4.69, 9.17) is 10.3 Å². The first-order valence-corrected chi connectivity index (χ1v) is 9.58. The van der Waals surface area contributed by atoms with Gasteiger partial charge in [-0.1, -0.05) is 42.4 Å². The minimum Gasteiger partial charge on any atom is -0.598 e. The van der Waals surface area contributed by atoms with Gasteiger partial charge in [0, 0.05) is 22.2 Å². The van der Waals surface area contributed by atoms with Crippen LogP contribution in [-0.2, 0) is 22.6 Å². The standard InChI is InChI=1S/C17H26N4O3S/c1-12(15-10-9-14(20-21-18)16(22)24-15)17(2,3)25(23)19-11-13-7-5-4-6-8-13/h4-8,12,14-16,19,22H,9-11H2,1-3H3/t12?,14?,15-,16?,25?/m0/s1. The molecule has 0 saturated carbocycles. The van der Waals surface area contributed by atoms with E-state index in [1.807, 2.05) is 51.1 Å².